The molecule has 1 N–H and O–H groups in total. The van der Waals surface area contributed by atoms with Gasteiger partial charge < -0.3 is 14.4 Å². The molecule has 27 heavy (non-hydrogen) atoms. The summed E-state index contributed by atoms with van der Waals surface area (Å²) in [6, 6.07) is 8.28. The van der Waals surface area contributed by atoms with Gasteiger partial charge in [-0.15, -0.1) is 10.2 Å². The molecule has 0 aliphatic rings. The highest BCUT2D eigenvalue weighted by molar-refractivity contribution is 5.73. The Morgan fingerprint density at radius 3 is 2.33 bits per heavy atom. The molecule has 0 radical (unpaired) electrons. The first-order valence-electron chi connectivity index (χ1n) is 8.08. The van der Waals surface area contributed by atoms with E-state index >= 15 is 0 Å². The van der Waals surface area contributed by atoms with Crippen LogP contribution in [0.5, 0.6) is 5.75 Å². The number of carboxylic acid groups (broad SMARTS) is 1. The number of carbonyl (C=O) groups is 1. The van der Waals surface area contributed by atoms with E-state index in [2.05, 4.69) is 34.3 Å². The summed E-state index contributed by atoms with van der Waals surface area (Å²) in [7, 11) is 5.78. The van der Waals surface area contributed by atoms with Gasteiger partial charge in [0, 0.05) is 7.05 Å². The van der Waals surface area contributed by atoms with Gasteiger partial charge in [0.1, 0.15) is 17.9 Å². The summed E-state index contributed by atoms with van der Waals surface area (Å²) in [5.41, 5.74) is 1.35. The van der Waals surface area contributed by atoms with Gasteiger partial charge in [-0.3, -0.25) is 4.90 Å². The van der Waals surface area contributed by atoms with Crippen molar-refractivity contribution in [2.45, 2.75) is 25.6 Å². The van der Waals surface area contributed by atoms with Crippen LogP contribution in [0.25, 0.3) is 0 Å². The van der Waals surface area contributed by atoms with Gasteiger partial charge in [-0.05, 0) is 44.1 Å². The van der Waals surface area contributed by atoms with Crippen LogP contribution < -0.4 is 4.74 Å². The normalized spacial score (nSPS) is 11.1. The highest BCUT2D eigenvalue weighted by atomic mass is 19.4. The zero-order chi connectivity index (χ0) is 20.4. The predicted octanol–water partition coefficient (Wildman–Crippen LogP) is 2.52. The number of aryl methyl sites for hydroxylation is 2. The van der Waals surface area contributed by atoms with Crippen LogP contribution in [0.15, 0.2) is 30.6 Å². The standard InChI is InChI=1S/C15H22N4O.C2HF3O2/c1-18(11-15-17-16-12-19(15)2)10-4-5-13-6-8-14(20-3)9-7-13;3-2(4,5)1(6)7/h6-9,12H,4-5,10-11H2,1-3H3;(H,6,7). The number of aromatic nitrogens is 3. The van der Waals surface area contributed by atoms with Gasteiger partial charge in [-0.25, -0.2) is 4.79 Å². The predicted molar refractivity (Wildman–Crippen MR) is 92.3 cm³/mol. The van der Waals surface area contributed by atoms with Gasteiger partial charge in [0.2, 0.25) is 0 Å². The molecule has 0 spiro atoms. The molecule has 2 rings (SSSR count). The van der Waals surface area contributed by atoms with Crippen molar-refractivity contribution >= 4 is 5.97 Å². The molecule has 0 aliphatic heterocycles. The van der Waals surface area contributed by atoms with E-state index in [0.29, 0.717) is 0 Å². The fourth-order valence-corrected chi connectivity index (χ4v) is 2.12. The molecule has 0 saturated carbocycles. The minimum Gasteiger partial charge on any atom is -0.497 e. The van der Waals surface area contributed by atoms with Crippen molar-refractivity contribution < 1.29 is 27.8 Å². The van der Waals surface area contributed by atoms with Crippen LogP contribution in [0.1, 0.15) is 17.8 Å². The second-order valence-electron chi connectivity index (χ2n) is 5.85. The van der Waals surface area contributed by atoms with E-state index in [0.717, 1.165) is 37.5 Å². The lowest BCUT2D eigenvalue weighted by Crippen LogP contribution is -2.21. The molecule has 10 heteroatoms. The van der Waals surface area contributed by atoms with Crippen LogP contribution in [0.2, 0.25) is 0 Å². The molecule has 150 valence electrons. The topological polar surface area (TPSA) is 80.5 Å². The molecule has 0 aliphatic carbocycles. The van der Waals surface area contributed by atoms with Crippen LogP contribution in [0.4, 0.5) is 13.2 Å². The number of halogens is 3. The number of ether oxygens (including phenoxy) is 1. The highest BCUT2D eigenvalue weighted by Gasteiger charge is 2.38. The Morgan fingerprint density at radius 1 is 1.30 bits per heavy atom. The molecule has 1 aromatic heterocycles. The first-order valence-corrected chi connectivity index (χ1v) is 8.08. The molecule has 1 heterocycles. The summed E-state index contributed by atoms with van der Waals surface area (Å²) >= 11 is 0. The molecule has 0 bridgehead atoms. The lowest BCUT2D eigenvalue weighted by molar-refractivity contribution is -0.192. The van der Waals surface area contributed by atoms with E-state index in [4.69, 9.17) is 14.6 Å². The Labute approximate surface area is 155 Å². The maximum atomic E-state index is 10.6. The van der Waals surface area contributed by atoms with Crippen molar-refractivity contribution in [3.05, 3.63) is 42.0 Å². The zero-order valence-corrected chi connectivity index (χ0v) is 15.4. The number of nitrogens with zero attached hydrogens (tertiary/aromatic N) is 4. The summed E-state index contributed by atoms with van der Waals surface area (Å²) in [4.78, 5) is 11.2. The summed E-state index contributed by atoms with van der Waals surface area (Å²) in [6.45, 7) is 1.87. The third-order valence-electron chi connectivity index (χ3n) is 3.62. The van der Waals surface area contributed by atoms with Gasteiger partial charge in [-0.2, -0.15) is 13.2 Å². The first-order chi connectivity index (χ1) is 12.6. The van der Waals surface area contributed by atoms with Crippen molar-refractivity contribution in [2.24, 2.45) is 7.05 Å². The van der Waals surface area contributed by atoms with E-state index in [1.165, 1.54) is 5.56 Å². The summed E-state index contributed by atoms with van der Waals surface area (Å²) < 4.78 is 38.9. The van der Waals surface area contributed by atoms with Crippen LogP contribution in [0.3, 0.4) is 0 Å². The minimum absolute atomic E-state index is 0.832. The lowest BCUT2D eigenvalue weighted by Gasteiger charge is -2.15. The van der Waals surface area contributed by atoms with Crippen molar-refractivity contribution in [2.75, 3.05) is 20.7 Å². The Morgan fingerprint density at radius 2 is 1.89 bits per heavy atom. The molecule has 0 unspecified atom stereocenters. The molecule has 0 saturated heterocycles. The smallest absolute Gasteiger partial charge is 0.490 e. The number of methoxy groups -OCH3 is 1. The first kappa shape index (κ1) is 22.4. The maximum Gasteiger partial charge on any atom is 0.490 e. The van der Waals surface area contributed by atoms with E-state index in [1.807, 2.05) is 23.7 Å². The van der Waals surface area contributed by atoms with Gasteiger partial charge in [0.25, 0.3) is 0 Å². The third kappa shape index (κ3) is 8.54. The number of rotatable bonds is 7. The summed E-state index contributed by atoms with van der Waals surface area (Å²) in [6.07, 6.45) is -1.14. The molecule has 1 aromatic carbocycles. The van der Waals surface area contributed by atoms with Crippen LogP contribution in [0, 0.1) is 0 Å². The maximum absolute atomic E-state index is 10.6. The molecular weight excluding hydrogens is 365 g/mol. The Kier molecular flexibility index (Phi) is 8.73. The summed E-state index contributed by atoms with van der Waals surface area (Å²) in [5.74, 6) is -0.849. The van der Waals surface area contributed by atoms with Crippen LogP contribution in [-0.4, -0.2) is 57.6 Å². The fraction of sp³-hybridized carbons (Fsp3) is 0.471. The van der Waals surface area contributed by atoms with E-state index in [9.17, 15) is 13.2 Å². The van der Waals surface area contributed by atoms with Gasteiger partial charge in [-0.1, -0.05) is 12.1 Å². The quantitative estimate of drug-likeness (QED) is 0.785. The molecule has 0 amide bonds. The second kappa shape index (κ2) is 10.5. The number of hydrogen-bond acceptors (Lipinski definition) is 5. The van der Waals surface area contributed by atoms with Crippen molar-refractivity contribution in [1.29, 1.82) is 0 Å². The van der Waals surface area contributed by atoms with Crippen LogP contribution >= 0.6 is 0 Å². The minimum atomic E-state index is -5.08. The molecule has 7 nitrogen and oxygen atoms in total. The average Bonchev–Trinajstić information content (AvgIpc) is 3.00. The Bertz CT molecular complexity index is 702. The highest BCUT2D eigenvalue weighted by Crippen LogP contribution is 2.13. The number of carboxylic acids is 1. The number of aliphatic carboxylic acids is 1. The SMILES string of the molecule is COc1ccc(CCCN(C)Cc2nncn2C)cc1.O=C(O)C(F)(F)F. The zero-order valence-electron chi connectivity index (χ0n) is 15.4. The molecular formula is C17H23F3N4O3. The Hall–Kier alpha value is -2.62. The molecule has 0 fully saturated rings. The third-order valence-corrected chi connectivity index (χ3v) is 3.62. The van der Waals surface area contributed by atoms with Crippen molar-refractivity contribution in [1.82, 2.24) is 19.7 Å². The number of hydrogen-bond donors (Lipinski definition) is 1. The number of benzene rings is 1. The largest absolute Gasteiger partial charge is 0.497 e. The molecule has 0 atom stereocenters. The summed E-state index contributed by atoms with van der Waals surface area (Å²) in [5, 5.41) is 15.1. The van der Waals surface area contributed by atoms with E-state index < -0.39 is 12.1 Å². The second-order valence-corrected chi connectivity index (χ2v) is 5.85. The van der Waals surface area contributed by atoms with Gasteiger partial charge >= 0.3 is 12.1 Å². The fourth-order valence-electron chi connectivity index (χ4n) is 2.12. The van der Waals surface area contributed by atoms with Gasteiger partial charge in [0.15, 0.2) is 0 Å². The number of alkyl halides is 3. The van der Waals surface area contributed by atoms with Crippen LogP contribution in [-0.2, 0) is 24.8 Å². The van der Waals surface area contributed by atoms with E-state index in [-0.39, 0.29) is 0 Å². The van der Waals surface area contributed by atoms with Gasteiger partial charge in [0.05, 0.1) is 13.7 Å². The average molecular weight is 388 g/mol. The van der Waals surface area contributed by atoms with Crippen molar-refractivity contribution in [3.63, 3.8) is 0 Å². The Balaban J connectivity index is 0.000000445. The monoisotopic (exact) mass is 388 g/mol. The van der Waals surface area contributed by atoms with Crippen molar-refractivity contribution in [3.8, 4) is 5.75 Å². The molecule has 2 aromatic rings. The van der Waals surface area contributed by atoms with E-state index in [1.54, 1.807) is 13.4 Å². The lowest BCUT2D eigenvalue weighted by atomic mass is 10.1.